The molecule has 0 atom stereocenters. The van der Waals surface area contributed by atoms with E-state index in [1.54, 1.807) is 0 Å². The third-order valence-electron chi connectivity index (χ3n) is 5.37. The second-order valence-electron chi connectivity index (χ2n) is 11.1. The smallest absolute Gasteiger partial charge is 0.348 e. The van der Waals surface area contributed by atoms with Gasteiger partial charge in [0.25, 0.3) is 0 Å². The summed E-state index contributed by atoms with van der Waals surface area (Å²) in [7, 11) is -5.95. The van der Waals surface area contributed by atoms with Crippen molar-refractivity contribution in [1.29, 1.82) is 0 Å². The minimum Gasteiger partial charge on any atom is -0.461 e. The standard InChI is InChI=1S/C25H46O3Si3/c1-9-10-11-12-13-14-15-16-17-23-20-22-21-24(18-19-25(22)26-23)31(8,27-29(2,3)4)28-30(5,6)7/h18-21H,9-17H2,1-8H3. The quantitative estimate of drug-likeness (QED) is 0.203. The van der Waals surface area contributed by atoms with Gasteiger partial charge in [-0.05, 0) is 75.6 Å². The van der Waals surface area contributed by atoms with Gasteiger partial charge in [-0.3, -0.25) is 0 Å². The Labute approximate surface area is 194 Å². The molecule has 0 aliphatic heterocycles. The van der Waals surface area contributed by atoms with Crippen molar-refractivity contribution in [2.24, 2.45) is 0 Å². The first-order valence-electron chi connectivity index (χ1n) is 12.4. The molecule has 0 radical (unpaired) electrons. The molecule has 1 heterocycles. The average Bonchev–Trinajstić information content (AvgIpc) is 3.02. The van der Waals surface area contributed by atoms with Crippen LogP contribution in [-0.4, -0.2) is 25.2 Å². The molecule has 1 aromatic carbocycles. The molecular weight excluding hydrogens is 433 g/mol. The van der Waals surface area contributed by atoms with Gasteiger partial charge in [0.15, 0.2) is 16.6 Å². The molecular formula is C25H46O3Si3. The summed E-state index contributed by atoms with van der Waals surface area (Å²) in [6.45, 7) is 18.0. The van der Waals surface area contributed by atoms with Crippen molar-refractivity contribution < 1.29 is 12.6 Å². The molecule has 176 valence electrons. The van der Waals surface area contributed by atoms with Gasteiger partial charge in [-0.15, -0.1) is 0 Å². The predicted octanol–water partition coefficient (Wildman–Crippen LogP) is 8.10. The number of hydrogen-bond donors (Lipinski definition) is 0. The number of benzene rings is 1. The average molecular weight is 479 g/mol. The van der Waals surface area contributed by atoms with E-state index in [1.807, 2.05) is 0 Å². The van der Waals surface area contributed by atoms with E-state index < -0.39 is 25.2 Å². The van der Waals surface area contributed by atoms with Crippen LogP contribution in [0.2, 0.25) is 45.8 Å². The van der Waals surface area contributed by atoms with Crippen molar-refractivity contribution >= 4 is 41.4 Å². The summed E-state index contributed by atoms with van der Waals surface area (Å²) in [5, 5.41) is 2.41. The zero-order valence-corrected chi connectivity index (χ0v) is 24.4. The largest absolute Gasteiger partial charge is 0.461 e. The molecule has 6 heteroatoms. The highest BCUT2D eigenvalue weighted by Crippen LogP contribution is 2.25. The van der Waals surface area contributed by atoms with E-state index in [0.717, 1.165) is 17.8 Å². The van der Waals surface area contributed by atoms with Gasteiger partial charge in [0.05, 0.1) is 0 Å². The van der Waals surface area contributed by atoms with Crippen molar-refractivity contribution in [3.63, 3.8) is 0 Å². The molecule has 0 fully saturated rings. The molecule has 0 bridgehead atoms. The van der Waals surface area contributed by atoms with Crippen LogP contribution in [0.3, 0.4) is 0 Å². The maximum atomic E-state index is 6.73. The maximum Gasteiger partial charge on any atom is 0.348 e. The number of furan rings is 1. The predicted molar refractivity (Wildman–Crippen MR) is 143 cm³/mol. The molecule has 0 N–H and O–H groups in total. The van der Waals surface area contributed by atoms with Gasteiger partial charge in [0.1, 0.15) is 11.3 Å². The molecule has 1 aromatic heterocycles. The lowest BCUT2D eigenvalue weighted by atomic mass is 10.1. The molecule has 0 amide bonds. The summed E-state index contributed by atoms with van der Waals surface area (Å²) in [6, 6.07) is 8.80. The van der Waals surface area contributed by atoms with Crippen molar-refractivity contribution in [2.75, 3.05) is 0 Å². The number of fused-ring (bicyclic) bond motifs is 1. The van der Waals surface area contributed by atoms with Gasteiger partial charge in [-0.1, -0.05) is 57.9 Å². The van der Waals surface area contributed by atoms with Crippen LogP contribution >= 0.6 is 0 Å². The van der Waals surface area contributed by atoms with Gasteiger partial charge >= 0.3 is 8.56 Å². The van der Waals surface area contributed by atoms with Crippen LogP contribution in [0.25, 0.3) is 11.0 Å². The molecule has 2 aromatic rings. The summed E-state index contributed by atoms with van der Waals surface area (Å²) in [5.74, 6) is 1.11. The highest BCUT2D eigenvalue weighted by molar-refractivity contribution is 6.94. The molecule has 0 unspecified atom stereocenters. The van der Waals surface area contributed by atoms with E-state index in [-0.39, 0.29) is 0 Å². The number of unbranched alkanes of at least 4 members (excludes halogenated alkanes) is 7. The molecule has 0 aliphatic carbocycles. The summed E-state index contributed by atoms with van der Waals surface area (Å²) < 4.78 is 19.6. The second-order valence-corrected chi connectivity index (χ2v) is 23.6. The third-order valence-corrected chi connectivity index (χ3v) is 14.7. The normalized spacial score (nSPS) is 13.3. The van der Waals surface area contributed by atoms with Gasteiger partial charge in [-0.25, -0.2) is 0 Å². The number of rotatable bonds is 14. The molecule has 0 saturated heterocycles. The Balaban J connectivity index is 2.04. The van der Waals surface area contributed by atoms with Gasteiger partial charge in [-0.2, -0.15) is 0 Å². The molecule has 0 saturated carbocycles. The zero-order chi connectivity index (χ0) is 23.1. The second kappa shape index (κ2) is 11.5. The van der Waals surface area contributed by atoms with Crippen molar-refractivity contribution in [1.82, 2.24) is 0 Å². The first-order valence-corrected chi connectivity index (χ1v) is 21.5. The SMILES string of the molecule is CCCCCCCCCCc1cc2cc([Si](C)(O[Si](C)(C)C)O[Si](C)(C)C)ccc2o1. The van der Waals surface area contributed by atoms with Gasteiger partial charge < -0.3 is 12.6 Å². The highest BCUT2D eigenvalue weighted by atomic mass is 28.5. The van der Waals surface area contributed by atoms with E-state index in [0.29, 0.717) is 0 Å². The van der Waals surface area contributed by atoms with Crippen molar-refractivity contribution in [2.45, 2.75) is 111 Å². The minimum atomic E-state index is -2.47. The lowest BCUT2D eigenvalue weighted by molar-refractivity contribution is 0.405. The van der Waals surface area contributed by atoms with Gasteiger partial charge in [0, 0.05) is 11.8 Å². The van der Waals surface area contributed by atoms with Crippen molar-refractivity contribution in [3.8, 4) is 0 Å². The fourth-order valence-electron chi connectivity index (χ4n) is 4.24. The van der Waals surface area contributed by atoms with E-state index in [2.05, 4.69) is 77.0 Å². The minimum absolute atomic E-state index is 0.982. The molecule has 31 heavy (non-hydrogen) atoms. The van der Waals surface area contributed by atoms with Crippen LogP contribution in [-0.2, 0) is 14.7 Å². The first kappa shape index (κ1) is 26.6. The molecule has 0 spiro atoms. The Morgan fingerprint density at radius 3 is 1.81 bits per heavy atom. The number of aryl methyl sites for hydroxylation is 1. The Kier molecular flexibility index (Phi) is 9.82. The third kappa shape index (κ3) is 9.38. The Bertz CT molecular complexity index is 786. The molecule has 0 aliphatic rings. The summed E-state index contributed by atoms with van der Waals surface area (Å²) >= 11 is 0. The Hall–Kier alpha value is -0.669. The van der Waals surface area contributed by atoms with Crippen LogP contribution in [0, 0.1) is 0 Å². The molecule has 3 nitrogen and oxygen atoms in total. The van der Waals surface area contributed by atoms with Crippen LogP contribution in [0.5, 0.6) is 0 Å². The van der Waals surface area contributed by atoms with E-state index in [9.17, 15) is 0 Å². The van der Waals surface area contributed by atoms with Crippen LogP contribution in [0.4, 0.5) is 0 Å². The highest BCUT2D eigenvalue weighted by Gasteiger charge is 2.42. The maximum absolute atomic E-state index is 6.73. The summed E-state index contributed by atoms with van der Waals surface area (Å²) in [5.41, 5.74) is 0.982. The lowest BCUT2D eigenvalue weighted by Gasteiger charge is -2.38. The van der Waals surface area contributed by atoms with Gasteiger partial charge in [0.2, 0.25) is 0 Å². The van der Waals surface area contributed by atoms with E-state index in [4.69, 9.17) is 12.6 Å². The zero-order valence-electron chi connectivity index (χ0n) is 21.4. The molecule has 2 rings (SSSR count). The lowest BCUT2D eigenvalue weighted by Crippen LogP contribution is -2.60. The first-order chi connectivity index (χ1) is 14.4. The summed E-state index contributed by atoms with van der Waals surface area (Å²) in [4.78, 5) is 0. The van der Waals surface area contributed by atoms with Crippen LogP contribution in [0.15, 0.2) is 28.7 Å². The number of hydrogen-bond acceptors (Lipinski definition) is 3. The summed E-state index contributed by atoms with van der Waals surface area (Å²) in [6.07, 6.45) is 11.8. The fourth-order valence-corrected chi connectivity index (χ4v) is 15.9. The van der Waals surface area contributed by atoms with E-state index >= 15 is 0 Å². The Morgan fingerprint density at radius 2 is 1.26 bits per heavy atom. The van der Waals surface area contributed by atoms with Crippen LogP contribution in [0.1, 0.15) is 64.1 Å². The monoisotopic (exact) mass is 478 g/mol. The van der Waals surface area contributed by atoms with Crippen LogP contribution < -0.4 is 5.19 Å². The van der Waals surface area contributed by atoms with Crippen molar-refractivity contribution in [3.05, 3.63) is 30.0 Å². The topological polar surface area (TPSA) is 31.6 Å². The van der Waals surface area contributed by atoms with E-state index in [1.165, 1.54) is 61.9 Å². The fraction of sp³-hybridized carbons (Fsp3) is 0.680. The Morgan fingerprint density at radius 1 is 0.710 bits per heavy atom.